The highest BCUT2D eigenvalue weighted by Crippen LogP contribution is 2.23. The highest BCUT2D eigenvalue weighted by atomic mass is 79.9. The molecule has 0 spiro atoms. The summed E-state index contributed by atoms with van der Waals surface area (Å²) in [5, 5.41) is 14.0. The summed E-state index contributed by atoms with van der Waals surface area (Å²) in [5.41, 5.74) is 1.20. The Balaban J connectivity index is 2.77. The number of nitrogens with one attached hydrogen (secondary N) is 1. The van der Waals surface area contributed by atoms with Crippen LogP contribution >= 0.6 is 15.9 Å². The molecule has 0 fully saturated rings. The van der Waals surface area contributed by atoms with Crippen LogP contribution < -0.4 is 5.32 Å². The number of hydrogen-bond acceptors (Lipinski definition) is 3. The predicted octanol–water partition coefficient (Wildman–Crippen LogP) is 3.64. The normalized spacial score (nSPS) is 11.5. The van der Waals surface area contributed by atoms with Crippen LogP contribution in [0.2, 0.25) is 0 Å². The summed E-state index contributed by atoms with van der Waals surface area (Å²) in [7, 11) is 0. The molecule has 1 aromatic rings. The zero-order valence-electron chi connectivity index (χ0n) is 10.3. The molecular formula is C12H17BrN2O2. The maximum atomic E-state index is 10.6. The van der Waals surface area contributed by atoms with E-state index >= 15 is 0 Å². The number of nitrogens with zero attached hydrogens (tertiary/aromatic N) is 1. The number of nitro groups is 1. The van der Waals surface area contributed by atoms with Crippen molar-refractivity contribution in [2.75, 3.05) is 0 Å². The summed E-state index contributed by atoms with van der Waals surface area (Å²) in [6, 6.07) is 4.84. The van der Waals surface area contributed by atoms with Crippen molar-refractivity contribution in [1.82, 2.24) is 5.32 Å². The summed E-state index contributed by atoms with van der Waals surface area (Å²) in [5.74, 6) is 0. The molecule has 1 aromatic carbocycles. The first kappa shape index (κ1) is 14.1. The second-order valence-electron chi connectivity index (χ2n) is 4.62. The van der Waals surface area contributed by atoms with Crippen LogP contribution in [0.15, 0.2) is 22.7 Å². The largest absolute Gasteiger partial charge is 0.308 e. The minimum absolute atomic E-state index is 0.0706. The van der Waals surface area contributed by atoms with Gasteiger partial charge in [-0.25, -0.2) is 0 Å². The number of nitro benzene ring substituents is 1. The van der Waals surface area contributed by atoms with E-state index < -0.39 is 4.92 Å². The van der Waals surface area contributed by atoms with Crippen molar-refractivity contribution in [3.8, 4) is 0 Å². The van der Waals surface area contributed by atoms with E-state index in [1.165, 1.54) is 12.1 Å². The van der Waals surface area contributed by atoms with E-state index in [4.69, 9.17) is 0 Å². The molecule has 0 atom stereocenters. The molecule has 1 N–H and O–H groups in total. The zero-order valence-corrected chi connectivity index (χ0v) is 11.9. The summed E-state index contributed by atoms with van der Waals surface area (Å²) in [6.45, 7) is 7.08. The molecular weight excluding hydrogens is 284 g/mol. The van der Waals surface area contributed by atoms with Gasteiger partial charge in [0, 0.05) is 28.7 Å². The SMILES string of the molecule is CCC(C)(C)NCc1ccc([N+](=O)[O-])cc1Br. The number of non-ortho nitro benzene ring substituents is 1. The molecule has 1 rings (SSSR count). The molecule has 0 saturated carbocycles. The predicted molar refractivity (Wildman–Crippen MR) is 72.0 cm³/mol. The first-order chi connectivity index (χ1) is 7.85. The molecule has 5 heteroatoms. The lowest BCUT2D eigenvalue weighted by molar-refractivity contribution is -0.384. The Labute approximate surface area is 110 Å². The number of benzene rings is 1. The van der Waals surface area contributed by atoms with E-state index in [0.29, 0.717) is 6.54 Å². The molecule has 0 amide bonds. The van der Waals surface area contributed by atoms with E-state index in [1.54, 1.807) is 6.07 Å². The van der Waals surface area contributed by atoms with Gasteiger partial charge in [-0.1, -0.05) is 22.9 Å². The van der Waals surface area contributed by atoms with Crippen molar-refractivity contribution < 1.29 is 4.92 Å². The van der Waals surface area contributed by atoms with Crippen molar-refractivity contribution in [2.45, 2.75) is 39.3 Å². The third kappa shape index (κ3) is 4.09. The van der Waals surface area contributed by atoms with Crippen molar-refractivity contribution >= 4 is 21.6 Å². The highest BCUT2D eigenvalue weighted by molar-refractivity contribution is 9.10. The van der Waals surface area contributed by atoms with Crippen LogP contribution in [-0.2, 0) is 6.54 Å². The first-order valence-corrected chi connectivity index (χ1v) is 6.33. The van der Waals surface area contributed by atoms with Gasteiger partial charge in [-0.2, -0.15) is 0 Å². The van der Waals surface area contributed by atoms with Gasteiger partial charge >= 0.3 is 0 Å². The van der Waals surface area contributed by atoms with Gasteiger partial charge in [0.05, 0.1) is 4.92 Å². The average Bonchev–Trinajstić information content (AvgIpc) is 2.27. The minimum Gasteiger partial charge on any atom is -0.308 e. The molecule has 17 heavy (non-hydrogen) atoms. The molecule has 0 saturated heterocycles. The third-order valence-electron chi connectivity index (χ3n) is 2.89. The van der Waals surface area contributed by atoms with E-state index in [1.807, 2.05) is 0 Å². The fraction of sp³-hybridized carbons (Fsp3) is 0.500. The second-order valence-corrected chi connectivity index (χ2v) is 5.48. The lowest BCUT2D eigenvalue weighted by atomic mass is 10.0. The molecule has 0 aliphatic heterocycles. The van der Waals surface area contributed by atoms with Gasteiger partial charge in [-0.3, -0.25) is 10.1 Å². The lowest BCUT2D eigenvalue weighted by Crippen LogP contribution is -2.37. The van der Waals surface area contributed by atoms with Gasteiger partial charge < -0.3 is 5.32 Å². The molecule has 0 aliphatic carbocycles. The average molecular weight is 301 g/mol. The van der Waals surface area contributed by atoms with E-state index in [0.717, 1.165) is 16.5 Å². The van der Waals surface area contributed by atoms with Gasteiger partial charge in [-0.05, 0) is 31.9 Å². The first-order valence-electron chi connectivity index (χ1n) is 5.53. The summed E-state index contributed by atoms with van der Waals surface area (Å²) in [6.07, 6.45) is 1.03. The fourth-order valence-corrected chi connectivity index (χ4v) is 1.76. The molecule has 94 valence electrons. The molecule has 0 radical (unpaired) electrons. The van der Waals surface area contributed by atoms with Crippen LogP contribution in [0.4, 0.5) is 5.69 Å². The Bertz CT molecular complexity index is 419. The van der Waals surface area contributed by atoms with Gasteiger partial charge in [0.15, 0.2) is 0 Å². The van der Waals surface area contributed by atoms with E-state index in [-0.39, 0.29) is 11.2 Å². The van der Waals surface area contributed by atoms with Crippen LogP contribution in [-0.4, -0.2) is 10.5 Å². The van der Waals surface area contributed by atoms with Crippen LogP contribution in [0, 0.1) is 10.1 Å². The number of halogens is 1. The highest BCUT2D eigenvalue weighted by Gasteiger charge is 2.15. The maximum absolute atomic E-state index is 10.6. The summed E-state index contributed by atoms with van der Waals surface area (Å²) < 4.78 is 0.770. The Morgan fingerprint density at radius 2 is 2.12 bits per heavy atom. The number of rotatable bonds is 5. The van der Waals surface area contributed by atoms with Crippen LogP contribution in [0.3, 0.4) is 0 Å². The zero-order chi connectivity index (χ0) is 13.1. The molecule has 0 aromatic heterocycles. The van der Waals surface area contributed by atoms with Crippen molar-refractivity contribution in [3.63, 3.8) is 0 Å². The molecule has 4 nitrogen and oxygen atoms in total. The van der Waals surface area contributed by atoms with Gasteiger partial charge in [0.1, 0.15) is 0 Å². The quantitative estimate of drug-likeness (QED) is 0.667. The topological polar surface area (TPSA) is 55.2 Å². The number of hydrogen-bond donors (Lipinski definition) is 1. The monoisotopic (exact) mass is 300 g/mol. The Hall–Kier alpha value is -0.940. The standard InChI is InChI=1S/C12H17BrN2O2/c1-4-12(2,3)14-8-9-5-6-10(15(16)17)7-11(9)13/h5-7,14H,4,8H2,1-3H3. The lowest BCUT2D eigenvalue weighted by Gasteiger charge is -2.24. The van der Waals surface area contributed by atoms with Crippen LogP contribution in [0.5, 0.6) is 0 Å². The van der Waals surface area contributed by atoms with Crippen LogP contribution in [0.25, 0.3) is 0 Å². The smallest absolute Gasteiger partial charge is 0.270 e. The summed E-state index contributed by atoms with van der Waals surface area (Å²) >= 11 is 3.36. The Morgan fingerprint density at radius 3 is 2.59 bits per heavy atom. The van der Waals surface area contributed by atoms with Crippen molar-refractivity contribution in [2.24, 2.45) is 0 Å². The van der Waals surface area contributed by atoms with E-state index in [2.05, 4.69) is 42.0 Å². The fourth-order valence-electron chi connectivity index (χ4n) is 1.25. The Kier molecular flexibility index (Phi) is 4.65. The van der Waals surface area contributed by atoms with Gasteiger partial charge in [0.25, 0.3) is 5.69 Å². The van der Waals surface area contributed by atoms with Gasteiger partial charge in [-0.15, -0.1) is 0 Å². The minimum atomic E-state index is -0.391. The Morgan fingerprint density at radius 1 is 1.47 bits per heavy atom. The molecule has 0 bridgehead atoms. The molecule has 0 aliphatic rings. The third-order valence-corrected chi connectivity index (χ3v) is 3.63. The second kappa shape index (κ2) is 5.60. The van der Waals surface area contributed by atoms with Crippen LogP contribution in [0.1, 0.15) is 32.8 Å². The molecule has 0 heterocycles. The van der Waals surface area contributed by atoms with Crippen molar-refractivity contribution in [3.05, 3.63) is 38.3 Å². The van der Waals surface area contributed by atoms with Gasteiger partial charge in [0.2, 0.25) is 0 Å². The van der Waals surface area contributed by atoms with E-state index in [9.17, 15) is 10.1 Å². The van der Waals surface area contributed by atoms with Crippen molar-refractivity contribution in [1.29, 1.82) is 0 Å². The maximum Gasteiger partial charge on any atom is 0.270 e. The summed E-state index contributed by atoms with van der Waals surface area (Å²) in [4.78, 5) is 10.2. The molecule has 0 unspecified atom stereocenters.